The van der Waals surface area contributed by atoms with Crippen LogP contribution < -0.4 is 14.4 Å². The minimum Gasteiger partial charge on any atom is -0.488 e. The van der Waals surface area contributed by atoms with Crippen LogP contribution in [-0.2, 0) is 36.3 Å². The van der Waals surface area contributed by atoms with E-state index in [0.29, 0.717) is 54.4 Å². The summed E-state index contributed by atoms with van der Waals surface area (Å²) in [5.74, 6) is 0.193. The van der Waals surface area contributed by atoms with E-state index in [2.05, 4.69) is 21.8 Å². The second-order valence-electron chi connectivity index (χ2n) is 12.3. The summed E-state index contributed by atoms with van der Waals surface area (Å²) < 4.78 is 48.2. The number of fused-ring (bicyclic) bond motifs is 4. The number of hydrogen-bond acceptors (Lipinski definition) is 7. The van der Waals surface area contributed by atoms with Gasteiger partial charge in [0.25, 0.3) is 10.0 Å². The highest BCUT2D eigenvalue weighted by molar-refractivity contribution is 7.90. The number of rotatable bonds is 1. The van der Waals surface area contributed by atoms with Crippen molar-refractivity contribution in [2.75, 3.05) is 38.3 Å². The molecule has 1 spiro atoms. The number of benzene rings is 2. The SMILES string of the molecule is CO[C@H]1/C=C/C[C@H](C)[C@@H](C)C(=O)NS(=O)(=O)c2ccc3c(c2)N(C[C@@H]2CC[C@H]21)C[C@]1(CO3)OCCc2cc(Cl)ccc21. The van der Waals surface area contributed by atoms with Crippen molar-refractivity contribution in [3.63, 3.8) is 0 Å². The van der Waals surface area contributed by atoms with Crippen LogP contribution in [0.15, 0.2) is 53.4 Å². The molecule has 2 bridgehead atoms. The van der Waals surface area contributed by atoms with E-state index in [1.165, 1.54) is 6.07 Å². The lowest BCUT2D eigenvalue weighted by Crippen LogP contribution is -2.51. The minimum absolute atomic E-state index is 0.0302. The van der Waals surface area contributed by atoms with Crippen molar-refractivity contribution < 1.29 is 27.4 Å². The van der Waals surface area contributed by atoms with E-state index < -0.39 is 27.4 Å². The van der Waals surface area contributed by atoms with Crippen LogP contribution in [0.25, 0.3) is 0 Å². The number of ether oxygens (including phenoxy) is 3. The fraction of sp³-hybridized carbons (Fsp3) is 0.531. The zero-order valence-electron chi connectivity index (χ0n) is 24.3. The van der Waals surface area contributed by atoms with Gasteiger partial charge >= 0.3 is 0 Å². The van der Waals surface area contributed by atoms with Crippen LogP contribution in [-0.4, -0.2) is 53.8 Å². The molecule has 42 heavy (non-hydrogen) atoms. The van der Waals surface area contributed by atoms with E-state index in [0.717, 1.165) is 30.4 Å². The third-order valence-corrected chi connectivity index (χ3v) is 11.3. The van der Waals surface area contributed by atoms with Crippen molar-refractivity contribution in [1.82, 2.24) is 4.72 Å². The first kappa shape index (κ1) is 29.5. The maximum absolute atomic E-state index is 13.5. The molecule has 0 saturated heterocycles. The summed E-state index contributed by atoms with van der Waals surface area (Å²) in [6.45, 7) is 5.71. The van der Waals surface area contributed by atoms with Crippen molar-refractivity contribution in [3.8, 4) is 5.75 Å². The van der Waals surface area contributed by atoms with Crippen LogP contribution in [0.5, 0.6) is 5.75 Å². The smallest absolute Gasteiger partial charge is 0.264 e. The van der Waals surface area contributed by atoms with Crippen molar-refractivity contribution >= 4 is 33.2 Å². The normalized spacial score (nSPS) is 33.3. The Morgan fingerprint density at radius 2 is 1.98 bits per heavy atom. The Morgan fingerprint density at radius 1 is 1.14 bits per heavy atom. The summed E-state index contributed by atoms with van der Waals surface area (Å²) >= 11 is 6.36. The average molecular weight is 615 g/mol. The van der Waals surface area contributed by atoms with Gasteiger partial charge in [-0.2, -0.15) is 0 Å². The van der Waals surface area contributed by atoms with Gasteiger partial charge in [-0.25, -0.2) is 13.1 Å². The number of hydrogen-bond donors (Lipinski definition) is 1. The number of nitrogens with one attached hydrogen (secondary N) is 1. The van der Waals surface area contributed by atoms with Crippen molar-refractivity contribution in [1.29, 1.82) is 0 Å². The molecule has 3 aliphatic heterocycles. The molecule has 4 aliphatic rings. The van der Waals surface area contributed by atoms with E-state index in [1.807, 2.05) is 25.1 Å². The quantitative estimate of drug-likeness (QED) is 0.448. The summed E-state index contributed by atoms with van der Waals surface area (Å²) in [7, 11) is -2.35. The van der Waals surface area contributed by atoms with Gasteiger partial charge in [-0.05, 0) is 84.9 Å². The molecule has 226 valence electrons. The fourth-order valence-corrected chi connectivity index (χ4v) is 8.11. The lowest BCUT2D eigenvalue weighted by Gasteiger charge is -2.45. The second kappa shape index (κ2) is 11.5. The van der Waals surface area contributed by atoms with Crippen molar-refractivity contribution in [2.45, 2.75) is 56.1 Å². The standard InChI is InChI=1S/C32H39ClN2O6S/c1-20-5-4-6-29(39-3)26-10-7-23(26)17-35-18-32(27-11-8-24(33)15-22(27)13-14-41-32)19-40-30-12-9-25(16-28(30)35)42(37,38)34-31(36)21(20)2/h4,6,8-9,11-12,15-16,20-21,23,26,29H,5,7,10,13-14,17-19H2,1-3H3,(H,34,36)/b6-4+/t20-,21+,23-,26+,29-,32+/m0/s1. The van der Waals surface area contributed by atoms with Crippen molar-refractivity contribution in [3.05, 3.63) is 64.7 Å². The monoisotopic (exact) mass is 614 g/mol. The van der Waals surface area contributed by atoms with Gasteiger partial charge in [0.2, 0.25) is 5.91 Å². The topological polar surface area (TPSA) is 94.2 Å². The molecule has 1 fully saturated rings. The number of amides is 1. The average Bonchev–Trinajstić information content (AvgIpc) is 3.10. The summed E-state index contributed by atoms with van der Waals surface area (Å²) in [6.07, 6.45) is 7.66. The number of carbonyl (C=O) groups excluding carboxylic acids is 1. The molecule has 0 aromatic heterocycles. The Balaban J connectivity index is 1.44. The van der Waals surface area contributed by atoms with Gasteiger partial charge in [0, 0.05) is 24.6 Å². The number of nitrogens with zero attached hydrogens (tertiary/aromatic N) is 1. The highest BCUT2D eigenvalue weighted by atomic mass is 35.5. The molecule has 2 aromatic rings. The third kappa shape index (κ3) is 5.45. The summed E-state index contributed by atoms with van der Waals surface area (Å²) in [4.78, 5) is 15.3. The molecule has 2 aromatic carbocycles. The highest BCUT2D eigenvalue weighted by Gasteiger charge is 2.45. The summed E-state index contributed by atoms with van der Waals surface area (Å²) in [6, 6.07) is 10.7. The van der Waals surface area contributed by atoms with Gasteiger partial charge in [0.05, 0.1) is 29.8 Å². The molecule has 1 saturated carbocycles. The van der Waals surface area contributed by atoms with Gasteiger partial charge in [-0.1, -0.05) is 43.7 Å². The zero-order valence-corrected chi connectivity index (χ0v) is 25.9. The fourth-order valence-electron chi connectivity index (χ4n) is 6.84. The van der Waals surface area contributed by atoms with Gasteiger partial charge in [-0.15, -0.1) is 0 Å². The number of sulfonamides is 1. The molecule has 1 amide bonds. The van der Waals surface area contributed by atoms with Gasteiger partial charge in [-0.3, -0.25) is 4.79 Å². The number of allylic oxidation sites excluding steroid dienone is 1. The minimum atomic E-state index is -4.10. The maximum atomic E-state index is 13.5. The molecule has 8 nitrogen and oxygen atoms in total. The van der Waals surface area contributed by atoms with Crippen LogP contribution in [0.2, 0.25) is 5.02 Å². The molecule has 3 heterocycles. The van der Waals surface area contributed by atoms with Gasteiger partial charge in [0.1, 0.15) is 18.0 Å². The molecular weight excluding hydrogens is 576 g/mol. The van der Waals surface area contributed by atoms with E-state index >= 15 is 0 Å². The molecule has 1 N–H and O–H groups in total. The Labute approximate surface area is 253 Å². The lowest BCUT2D eigenvalue weighted by atomic mass is 9.70. The highest BCUT2D eigenvalue weighted by Crippen LogP contribution is 2.46. The first-order valence-electron chi connectivity index (χ1n) is 14.8. The van der Waals surface area contributed by atoms with Gasteiger partial charge < -0.3 is 19.1 Å². The predicted octanol–water partition coefficient (Wildman–Crippen LogP) is 5.09. The van der Waals surface area contributed by atoms with E-state index in [4.69, 9.17) is 25.8 Å². The van der Waals surface area contributed by atoms with E-state index in [9.17, 15) is 13.2 Å². The Bertz CT molecular complexity index is 1500. The third-order valence-electron chi connectivity index (χ3n) is 9.76. The molecule has 0 radical (unpaired) electrons. The number of anilines is 1. The zero-order chi connectivity index (χ0) is 29.6. The molecule has 6 rings (SSSR count). The molecular formula is C32H39ClN2O6S. The molecule has 1 aliphatic carbocycles. The van der Waals surface area contributed by atoms with Crippen molar-refractivity contribution in [2.24, 2.45) is 23.7 Å². The summed E-state index contributed by atoms with van der Waals surface area (Å²) in [5.41, 5.74) is 2.11. The van der Waals surface area contributed by atoms with Crippen LogP contribution in [0.4, 0.5) is 5.69 Å². The summed E-state index contributed by atoms with van der Waals surface area (Å²) in [5, 5.41) is 0.685. The maximum Gasteiger partial charge on any atom is 0.264 e. The largest absolute Gasteiger partial charge is 0.488 e. The van der Waals surface area contributed by atoms with Crippen LogP contribution in [0.3, 0.4) is 0 Å². The molecule has 10 heteroatoms. The lowest BCUT2D eigenvalue weighted by molar-refractivity contribution is -0.124. The van der Waals surface area contributed by atoms with Crippen LogP contribution in [0, 0.1) is 23.7 Å². The first-order chi connectivity index (χ1) is 20.1. The Kier molecular flexibility index (Phi) is 8.06. The second-order valence-corrected chi connectivity index (χ2v) is 14.4. The van der Waals surface area contributed by atoms with Crippen LogP contribution in [0.1, 0.15) is 44.2 Å². The molecule has 6 atom stereocenters. The number of methoxy groups -OCH3 is 1. The van der Waals surface area contributed by atoms with Crippen LogP contribution >= 0.6 is 11.6 Å². The Hall–Kier alpha value is -2.59. The number of halogens is 1. The first-order valence-corrected chi connectivity index (χ1v) is 16.7. The van der Waals surface area contributed by atoms with E-state index in [-0.39, 0.29) is 23.5 Å². The number of carbonyl (C=O) groups is 1. The predicted molar refractivity (Wildman–Crippen MR) is 161 cm³/mol. The molecule has 0 unspecified atom stereocenters. The van der Waals surface area contributed by atoms with Gasteiger partial charge in [0.15, 0.2) is 0 Å². The van der Waals surface area contributed by atoms with E-state index in [1.54, 1.807) is 26.2 Å². The Morgan fingerprint density at radius 3 is 2.74 bits per heavy atom.